The van der Waals surface area contributed by atoms with Crippen LogP contribution in [0.5, 0.6) is 5.75 Å². The molecule has 27 heavy (non-hydrogen) atoms. The van der Waals surface area contributed by atoms with Gasteiger partial charge in [-0.2, -0.15) is 0 Å². The highest BCUT2D eigenvalue weighted by atomic mass is 19.1. The van der Waals surface area contributed by atoms with Crippen molar-refractivity contribution in [1.29, 1.82) is 0 Å². The third kappa shape index (κ3) is 4.81. The molecule has 0 aliphatic carbocycles. The van der Waals surface area contributed by atoms with Crippen molar-refractivity contribution in [1.82, 2.24) is 5.32 Å². The smallest absolute Gasteiger partial charge is 0.268 e. The quantitative estimate of drug-likeness (QED) is 0.725. The van der Waals surface area contributed by atoms with Gasteiger partial charge in [0.15, 0.2) is 0 Å². The van der Waals surface area contributed by atoms with E-state index >= 15 is 0 Å². The molecule has 0 saturated heterocycles. The first-order valence-corrected chi connectivity index (χ1v) is 8.68. The molecular weight excluding hydrogens is 354 g/mol. The van der Waals surface area contributed by atoms with Gasteiger partial charge in [0.25, 0.3) is 5.91 Å². The number of para-hydroxylation sites is 2. The van der Waals surface area contributed by atoms with E-state index in [0.717, 1.165) is 6.07 Å². The molecule has 1 amide bonds. The van der Waals surface area contributed by atoms with Crippen molar-refractivity contribution >= 4 is 11.6 Å². The van der Waals surface area contributed by atoms with Gasteiger partial charge < -0.3 is 20.5 Å². The van der Waals surface area contributed by atoms with Gasteiger partial charge >= 0.3 is 0 Å². The van der Waals surface area contributed by atoms with Crippen LogP contribution in [-0.2, 0) is 11.2 Å². The number of rotatable bonds is 6. The summed E-state index contributed by atoms with van der Waals surface area (Å²) in [6, 6.07) is 10.4. The van der Waals surface area contributed by atoms with Crippen LogP contribution in [0.4, 0.5) is 14.5 Å². The maximum Gasteiger partial charge on any atom is 0.268 e. The number of amides is 1. The summed E-state index contributed by atoms with van der Waals surface area (Å²) in [6.45, 7) is 3.77. The first-order chi connectivity index (χ1) is 12.7. The number of hydrogen-bond acceptors (Lipinski definition) is 4. The molecule has 7 heteroatoms. The molecule has 2 aromatic carbocycles. The lowest BCUT2D eigenvalue weighted by Crippen LogP contribution is -2.53. The molecule has 1 aliphatic heterocycles. The van der Waals surface area contributed by atoms with Gasteiger partial charge in [-0.3, -0.25) is 4.79 Å². The van der Waals surface area contributed by atoms with Gasteiger partial charge in [-0.25, -0.2) is 8.78 Å². The minimum absolute atomic E-state index is 0.0745. The zero-order valence-corrected chi connectivity index (χ0v) is 15.1. The van der Waals surface area contributed by atoms with E-state index in [1.807, 2.05) is 13.8 Å². The fraction of sp³-hybridized carbons (Fsp3) is 0.350. The van der Waals surface area contributed by atoms with E-state index in [9.17, 15) is 18.7 Å². The molecule has 0 saturated carbocycles. The molecular formula is C20H22F2N2O3. The van der Waals surface area contributed by atoms with Crippen molar-refractivity contribution in [2.24, 2.45) is 0 Å². The largest absolute Gasteiger partial charge is 0.476 e. The van der Waals surface area contributed by atoms with E-state index in [4.69, 9.17) is 4.74 Å². The molecule has 3 rings (SSSR count). The summed E-state index contributed by atoms with van der Waals surface area (Å²) in [5.74, 6) is -1.19. The molecule has 144 valence electrons. The number of carbonyl (C=O) groups excluding carboxylic acids is 1. The van der Waals surface area contributed by atoms with Crippen LogP contribution in [-0.4, -0.2) is 35.3 Å². The summed E-state index contributed by atoms with van der Waals surface area (Å²) in [4.78, 5) is 12.2. The zero-order chi connectivity index (χ0) is 19.6. The minimum atomic E-state index is -1.10. The summed E-state index contributed by atoms with van der Waals surface area (Å²) in [5.41, 5.74) is 0.497. The Kier molecular flexibility index (Phi) is 5.43. The third-order valence-corrected chi connectivity index (χ3v) is 4.36. The number of benzene rings is 2. The fourth-order valence-corrected chi connectivity index (χ4v) is 3.09. The van der Waals surface area contributed by atoms with Gasteiger partial charge in [0.1, 0.15) is 23.5 Å². The molecule has 2 aromatic rings. The van der Waals surface area contributed by atoms with E-state index < -0.39 is 35.3 Å². The van der Waals surface area contributed by atoms with E-state index in [-0.39, 0.29) is 6.54 Å². The standard InChI is InChI=1S/C20H22F2N2O3/c1-20(2,10-12-7-13(21)9-14(22)8-12)23-11-16(25)18-19(26)24-15-5-3-4-6-17(15)27-18/h3-9,16,18,23,25H,10-11H2,1-2H3,(H,24,26). The fourth-order valence-electron chi connectivity index (χ4n) is 3.09. The number of aliphatic hydroxyl groups excluding tert-OH is 1. The molecule has 1 heterocycles. The van der Waals surface area contributed by atoms with E-state index in [2.05, 4.69) is 10.6 Å². The van der Waals surface area contributed by atoms with Gasteiger partial charge in [-0.05, 0) is 50.1 Å². The average Bonchev–Trinajstić information content (AvgIpc) is 2.58. The van der Waals surface area contributed by atoms with Crippen LogP contribution in [0.15, 0.2) is 42.5 Å². The van der Waals surface area contributed by atoms with Crippen LogP contribution in [0.3, 0.4) is 0 Å². The molecule has 0 bridgehead atoms. The second-order valence-electron chi connectivity index (χ2n) is 7.31. The average molecular weight is 376 g/mol. The number of carbonyl (C=O) groups is 1. The Balaban J connectivity index is 1.61. The Morgan fingerprint density at radius 1 is 1.22 bits per heavy atom. The number of halogens is 2. The zero-order valence-electron chi connectivity index (χ0n) is 15.1. The van der Waals surface area contributed by atoms with Crippen molar-refractivity contribution in [2.75, 3.05) is 11.9 Å². The van der Waals surface area contributed by atoms with E-state index in [1.165, 1.54) is 12.1 Å². The molecule has 2 atom stereocenters. The number of nitrogens with one attached hydrogen (secondary N) is 2. The normalized spacial score (nSPS) is 17.7. The molecule has 2 unspecified atom stereocenters. The van der Waals surface area contributed by atoms with Crippen molar-refractivity contribution < 1.29 is 23.4 Å². The van der Waals surface area contributed by atoms with Crippen LogP contribution in [0, 0.1) is 11.6 Å². The second kappa shape index (κ2) is 7.62. The summed E-state index contributed by atoms with van der Waals surface area (Å²) in [6.07, 6.45) is -1.80. The molecule has 0 spiro atoms. The first kappa shape index (κ1) is 19.3. The van der Waals surface area contributed by atoms with Crippen molar-refractivity contribution in [3.63, 3.8) is 0 Å². The lowest BCUT2D eigenvalue weighted by molar-refractivity contribution is -0.128. The number of aliphatic hydroxyl groups is 1. The van der Waals surface area contributed by atoms with Gasteiger partial charge in [0.2, 0.25) is 6.10 Å². The first-order valence-electron chi connectivity index (χ1n) is 8.68. The highest BCUT2D eigenvalue weighted by Crippen LogP contribution is 2.29. The monoisotopic (exact) mass is 376 g/mol. The Morgan fingerprint density at radius 3 is 2.59 bits per heavy atom. The Hall–Kier alpha value is -2.51. The predicted octanol–water partition coefficient (Wildman–Crippen LogP) is 2.64. The maximum absolute atomic E-state index is 13.4. The van der Waals surface area contributed by atoms with Crippen LogP contribution in [0.1, 0.15) is 19.4 Å². The van der Waals surface area contributed by atoms with Gasteiger partial charge in [0, 0.05) is 18.2 Å². The lowest BCUT2D eigenvalue weighted by atomic mass is 9.94. The van der Waals surface area contributed by atoms with Crippen LogP contribution < -0.4 is 15.4 Å². The molecule has 0 fully saturated rings. The lowest BCUT2D eigenvalue weighted by Gasteiger charge is -2.32. The van der Waals surface area contributed by atoms with Gasteiger partial charge in [0.05, 0.1) is 5.69 Å². The number of β-amino-alcohol motifs (C(OH)–C–C–N with tert-alkyl or cyclic N) is 1. The SMILES string of the molecule is CC(C)(Cc1cc(F)cc(F)c1)NCC(O)C1Oc2ccccc2NC1=O. The van der Waals surface area contributed by atoms with Crippen LogP contribution in [0.2, 0.25) is 0 Å². The van der Waals surface area contributed by atoms with E-state index in [0.29, 0.717) is 23.4 Å². The Labute approximate surface area is 156 Å². The summed E-state index contributed by atoms with van der Waals surface area (Å²) < 4.78 is 32.3. The Morgan fingerprint density at radius 2 is 1.89 bits per heavy atom. The highest BCUT2D eigenvalue weighted by molar-refractivity contribution is 5.98. The predicted molar refractivity (Wildman–Crippen MR) is 97.6 cm³/mol. The number of fused-ring (bicyclic) bond motifs is 1. The van der Waals surface area contributed by atoms with Crippen LogP contribution in [0.25, 0.3) is 0 Å². The molecule has 5 nitrogen and oxygen atoms in total. The molecule has 1 aliphatic rings. The van der Waals surface area contributed by atoms with Crippen molar-refractivity contribution in [3.8, 4) is 5.75 Å². The van der Waals surface area contributed by atoms with Crippen LogP contribution >= 0.6 is 0 Å². The molecule has 0 radical (unpaired) electrons. The Bertz CT molecular complexity index is 821. The molecule has 0 aromatic heterocycles. The maximum atomic E-state index is 13.4. The third-order valence-electron chi connectivity index (χ3n) is 4.36. The van der Waals surface area contributed by atoms with Crippen molar-refractivity contribution in [2.45, 2.75) is 38.0 Å². The molecule has 3 N–H and O–H groups in total. The minimum Gasteiger partial charge on any atom is -0.476 e. The summed E-state index contributed by atoms with van der Waals surface area (Å²) >= 11 is 0. The topological polar surface area (TPSA) is 70.6 Å². The summed E-state index contributed by atoms with van der Waals surface area (Å²) in [7, 11) is 0. The number of hydrogen-bond donors (Lipinski definition) is 3. The van der Waals surface area contributed by atoms with E-state index in [1.54, 1.807) is 24.3 Å². The second-order valence-corrected chi connectivity index (χ2v) is 7.31. The number of ether oxygens (including phenoxy) is 1. The van der Waals surface area contributed by atoms with Crippen molar-refractivity contribution in [3.05, 3.63) is 59.7 Å². The van der Waals surface area contributed by atoms with Gasteiger partial charge in [-0.15, -0.1) is 0 Å². The summed E-state index contributed by atoms with van der Waals surface area (Å²) in [5, 5.41) is 16.3. The van der Waals surface area contributed by atoms with Gasteiger partial charge in [-0.1, -0.05) is 12.1 Å². The highest BCUT2D eigenvalue weighted by Gasteiger charge is 2.34. The number of anilines is 1.